The van der Waals surface area contributed by atoms with E-state index < -0.39 is 23.8 Å². The van der Waals surface area contributed by atoms with Crippen LogP contribution >= 0.6 is 0 Å². The summed E-state index contributed by atoms with van der Waals surface area (Å²) < 4.78 is 20.5. The minimum atomic E-state index is -1.20. The van der Waals surface area contributed by atoms with Crippen LogP contribution in [0.15, 0.2) is 48.7 Å². The van der Waals surface area contributed by atoms with E-state index in [1.165, 1.54) is 23.6 Å². The van der Waals surface area contributed by atoms with Crippen LogP contribution < -0.4 is 10.1 Å². The van der Waals surface area contributed by atoms with Crippen LogP contribution in [0, 0.1) is 5.82 Å². The minimum Gasteiger partial charge on any atom is -0.479 e. The molecule has 0 fully saturated rings. The molecular weight excluding hydrogens is 329 g/mol. The molecule has 3 aromatic rings. The number of aliphatic carboxylic acids is 1. The van der Waals surface area contributed by atoms with Gasteiger partial charge in [0, 0.05) is 18.0 Å². The Morgan fingerprint density at radius 3 is 2.80 bits per heavy atom. The number of carbonyl (C=O) groups is 2. The average Bonchev–Trinajstić information content (AvgIpc) is 3.01. The number of nitrogens with zero attached hydrogens (tertiary/aromatic N) is 2. The van der Waals surface area contributed by atoms with Gasteiger partial charge in [0.15, 0.2) is 17.7 Å². The number of nitrogens with one attached hydrogen (secondary N) is 1. The molecule has 2 aromatic heterocycles. The van der Waals surface area contributed by atoms with Gasteiger partial charge in [0.1, 0.15) is 5.69 Å². The quantitative estimate of drug-likeness (QED) is 0.743. The molecule has 0 saturated heterocycles. The Morgan fingerprint density at radius 1 is 1.28 bits per heavy atom. The third kappa shape index (κ3) is 3.42. The van der Waals surface area contributed by atoms with Gasteiger partial charge >= 0.3 is 5.97 Å². The van der Waals surface area contributed by atoms with Crippen molar-refractivity contribution in [3.8, 4) is 5.75 Å². The summed E-state index contributed by atoms with van der Waals surface area (Å²) in [4.78, 5) is 23.1. The molecule has 1 unspecified atom stereocenters. The van der Waals surface area contributed by atoms with E-state index in [0.717, 1.165) is 11.6 Å². The van der Waals surface area contributed by atoms with E-state index in [4.69, 9.17) is 9.84 Å². The summed E-state index contributed by atoms with van der Waals surface area (Å²) in [6, 6.07) is 10.7. The lowest BCUT2D eigenvalue weighted by atomic mass is 10.2. The van der Waals surface area contributed by atoms with Crippen LogP contribution in [-0.2, 0) is 4.79 Å². The van der Waals surface area contributed by atoms with Crippen LogP contribution in [0.2, 0.25) is 0 Å². The molecule has 0 bridgehead atoms. The van der Waals surface area contributed by atoms with E-state index in [1.807, 2.05) is 0 Å². The number of benzene rings is 1. The highest BCUT2D eigenvalue weighted by Gasteiger charge is 2.16. The molecule has 2 N–H and O–H groups in total. The summed E-state index contributed by atoms with van der Waals surface area (Å²) in [6.45, 7) is 1.29. The molecule has 3 rings (SSSR count). The van der Waals surface area contributed by atoms with Gasteiger partial charge < -0.3 is 15.2 Å². The van der Waals surface area contributed by atoms with Crippen molar-refractivity contribution in [2.24, 2.45) is 0 Å². The van der Waals surface area contributed by atoms with Gasteiger partial charge in [-0.2, -0.15) is 5.10 Å². The first-order valence-corrected chi connectivity index (χ1v) is 7.39. The number of aromatic nitrogens is 2. The summed E-state index contributed by atoms with van der Waals surface area (Å²) in [5.41, 5.74) is 1.27. The molecular formula is C17H14FN3O4. The molecule has 0 radical (unpaired) electrons. The smallest absolute Gasteiger partial charge is 0.344 e. The lowest BCUT2D eigenvalue weighted by Gasteiger charge is -2.12. The second kappa shape index (κ2) is 6.60. The second-order valence-electron chi connectivity index (χ2n) is 5.28. The largest absolute Gasteiger partial charge is 0.479 e. The molecule has 8 heteroatoms. The van der Waals surface area contributed by atoms with Crippen molar-refractivity contribution in [1.82, 2.24) is 9.61 Å². The Bertz CT molecular complexity index is 954. The van der Waals surface area contributed by atoms with E-state index in [2.05, 4.69) is 10.4 Å². The first-order valence-electron chi connectivity index (χ1n) is 7.39. The number of rotatable bonds is 5. The highest BCUT2D eigenvalue weighted by molar-refractivity contribution is 6.03. The first-order chi connectivity index (χ1) is 12.0. The fourth-order valence-electron chi connectivity index (χ4n) is 2.23. The molecule has 1 atom stereocenters. The van der Waals surface area contributed by atoms with Crippen LogP contribution in [0.1, 0.15) is 17.4 Å². The van der Waals surface area contributed by atoms with Crippen molar-refractivity contribution in [2.45, 2.75) is 13.0 Å². The zero-order valence-corrected chi connectivity index (χ0v) is 13.1. The topological polar surface area (TPSA) is 92.9 Å². The van der Waals surface area contributed by atoms with Gasteiger partial charge in [-0.15, -0.1) is 0 Å². The maximum atomic E-state index is 14.0. The van der Waals surface area contributed by atoms with Crippen molar-refractivity contribution >= 4 is 23.1 Å². The van der Waals surface area contributed by atoms with E-state index in [-0.39, 0.29) is 11.4 Å². The van der Waals surface area contributed by atoms with Crippen molar-refractivity contribution in [2.75, 3.05) is 5.32 Å². The number of halogens is 1. The van der Waals surface area contributed by atoms with Crippen molar-refractivity contribution in [3.63, 3.8) is 0 Å². The number of ether oxygens (including phenoxy) is 1. The standard InChI is InChI=1S/C17H14FN3O4/c1-10(17(23)24)25-15-7-4-11(9-13(15)18)20-16(22)14-6-5-12-3-2-8-19-21(12)14/h2-10H,1H3,(H,20,22)(H,23,24). The Labute approximate surface area is 141 Å². The predicted octanol–water partition coefficient (Wildman–Crippen LogP) is 2.58. The van der Waals surface area contributed by atoms with Crippen molar-refractivity contribution in [1.29, 1.82) is 0 Å². The number of hydrogen-bond donors (Lipinski definition) is 2. The van der Waals surface area contributed by atoms with Crippen LogP contribution in [0.3, 0.4) is 0 Å². The van der Waals surface area contributed by atoms with E-state index in [1.54, 1.807) is 30.5 Å². The normalized spacial score (nSPS) is 11.9. The fraction of sp³-hybridized carbons (Fsp3) is 0.118. The Balaban J connectivity index is 1.78. The third-order valence-electron chi connectivity index (χ3n) is 3.49. The number of amides is 1. The summed E-state index contributed by atoms with van der Waals surface area (Å²) in [7, 11) is 0. The maximum absolute atomic E-state index is 14.0. The molecule has 0 saturated carbocycles. The fourth-order valence-corrected chi connectivity index (χ4v) is 2.23. The zero-order chi connectivity index (χ0) is 18.0. The van der Waals surface area contributed by atoms with Crippen molar-refractivity contribution in [3.05, 3.63) is 60.2 Å². The Morgan fingerprint density at radius 2 is 2.08 bits per heavy atom. The van der Waals surface area contributed by atoms with Gasteiger partial charge in [0.05, 0.1) is 5.52 Å². The van der Waals surface area contributed by atoms with Gasteiger partial charge in [-0.1, -0.05) is 0 Å². The van der Waals surface area contributed by atoms with Crippen LogP contribution in [0.4, 0.5) is 10.1 Å². The summed E-state index contributed by atoms with van der Waals surface area (Å²) >= 11 is 0. The zero-order valence-electron chi connectivity index (χ0n) is 13.1. The second-order valence-corrected chi connectivity index (χ2v) is 5.28. The van der Waals surface area contributed by atoms with E-state index >= 15 is 0 Å². The Hall–Kier alpha value is -3.42. The first kappa shape index (κ1) is 16.4. The molecule has 1 aromatic carbocycles. The maximum Gasteiger partial charge on any atom is 0.344 e. The molecule has 0 aliphatic rings. The monoisotopic (exact) mass is 343 g/mol. The van der Waals surface area contributed by atoms with Crippen LogP contribution in [-0.4, -0.2) is 32.7 Å². The molecule has 0 aliphatic carbocycles. The highest BCUT2D eigenvalue weighted by atomic mass is 19.1. The molecule has 2 heterocycles. The highest BCUT2D eigenvalue weighted by Crippen LogP contribution is 2.23. The van der Waals surface area contributed by atoms with Gasteiger partial charge in [0.25, 0.3) is 5.91 Å². The number of carbonyl (C=O) groups excluding carboxylic acids is 1. The third-order valence-corrected chi connectivity index (χ3v) is 3.49. The molecule has 0 spiro atoms. The number of carboxylic acids is 1. The van der Waals surface area contributed by atoms with Crippen molar-refractivity contribution < 1.29 is 23.8 Å². The summed E-state index contributed by atoms with van der Waals surface area (Å²) in [5.74, 6) is -2.64. The van der Waals surface area contributed by atoms with Gasteiger partial charge in [0.2, 0.25) is 0 Å². The molecule has 7 nitrogen and oxygen atoms in total. The minimum absolute atomic E-state index is 0.206. The Kier molecular flexibility index (Phi) is 4.34. The molecule has 1 amide bonds. The summed E-state index contributed by atoms with van der Waals surface area (Å²) in [5, 5.41) is 15.4. The van der Waals surface area contributed by atoms with Gasteiger partial charge in [-0.05, 0) is 43.3 Å². The molecule has 25 heavy (non-hydrogen) atoms. The predicted molar refractivity (Wildman–Crippen MR) is 87.3 cm³/mol. The van der Waals surface area contributed by atoms with Crippen LogP contribution in [0.25, 0.3) is 5.52 Å². The van der Waals surface area contributed by atoms with Crippen LogP contribution in [0.5, 0.6) is 5.75 Å². The SMILES string of the molecule is CC(Oc1ccc(NC(=O)c2ccc3cccnn23)cc1F)C(=O)O. The average molecular weight is 343 g/mol. The van der Waals surface area contributed by atoms with E-state index in [0.29, 0.717) is 5.69 Å². The number of fused-ring (bicyclic) bond motifs is 1. The number of carboxylic acid groups (broad SMARTS) is 1. The lowest BCUT2D eigenvalue weighted by molar-refractivity contribution is -0.144. The van der Waals surface area contributed by atoms with E-state index in [9.17, 15) is 14.0 Å². The van der Waals surface area contributed by atoms with Gasteiger partial charge in [-0.25, -0.2) is 13.7 Å². The molecule has 0 aliphatic heterocycles. The number of anilines is 1. The molecule has 128 valence electrons. The lowest BCUT2D eigenvalue weighted by Crippen LogP contribution is -2.23. The number of hydrogen-bond acceptors (Lipinski definition) is 4. The summed E-state index contributed by atoms with van der Waals surface area (Å²) in [6.07, 6.45) is 0.368. The van der Waals surface area contributed by atoms with Gasteiger partial charge in [-0.3, -0.25) is 4.79 Å².